The van der Waals surface area contributed by atoms with Gasteiger partial charge in [-0.2, -0.15) is 0 Å². The molecule has 0 aliphatic carbocycles. The molecule has 144 valence electrons. The maximum absolute atomic E-state index is 4.82. The molecule has 0 spiro atoms. The summed E-state index contributed by atoms with van der Waals surface area (Å²) in [6.45, 7) is 1.43. The van der Waals surface area contributed by atoms with Crippen LogP contribution >= 0.6 is 0 Å². The standard InChI is InChI=1S/C24H23N5/c1-3-9-19(10-4-1)17-21-18-28-24(29-23(21)20-11-5-2-6-12-20)27-16-15-26-22-13-7-8-14-25-22/h1-14,18H,15-17H2,(H,25,26)(H,27,28,29). The summed E-state index contributed by atoms with van der Waals surface area (Å²) in [7, 11) is 0. The van der Waals surface area contributed by atoms with Crippen molar-refractivity contribution in [1.29, 1.82) is 0 Å². The van der Waals surface area contributed by atoms with E-state index in [2.05, 4.69) is 57.0 Å². The van der Waals surface area contributed by atoms with Crippen molar-refractivity contribution in [3.05, 3.63) is 102 Å². The topological polar surface area (TPSA) is 62.7 Å². The minimum atomic E-state index is 0.628. The van der Waals surface area contributed by atoms with Crippen molar-refractivity contribution in [2.75, 3.05) is 23.7 Å². The number of anilines is 2. The largest absolute Gasteiger partial charge is 0.368 e. The Balaban J connectivity index is 1.48. The molecule has 2 heterocycles. The lowest BCUT2D eigenvalue weighted by Gasteiger charge is -2.12. The fraction of sp³-hybridized carbons (Fsp3) is 0.125. The molecule has 4 aromatic rings. The van der Waals surface area contributed by atoms with Crippen LogP contribution in [0.1, 0.15) is 11.1 Å². The van der Waals surface area contributed by atoms with E-state index in [1.54, 1.807) is 6.20 Å². The van der Waals surface area contributed by atoms with Gasteiger partial charge < -0.3 is 10.6 Å². The Hall–Kier alpha value is -3.73. The zero-order valence-corrected chi connectivity index (χ0v) is 16.1. The predicted molar refractivity (Wildman–Crippen MR) is 118 cm³/mol. The Morgan fingerprint density at radius 1 is 0.690 bits per heavy atom. The van der Waals surface area contributed by atoms with Crippen LogP contribution in [0.5, 0.6) is 0 Å². The molecule has 0 unspecified atom stereocenters. The van der Waals surface area contributed by atoms with Gasteiger partial charge in [0.2, 0.25) is 5.95 Å². The average molecular weight is 381 g/mol. The summed E-state index contributed by atoms with van der Waals surface area (Å²) in [5, 5.41) is 6.58. The van der Waals surface area contributed by atoms with Gasteiger partial charge in [-0.1, -0.05) is 66.7 Å². The van der Waals surface area contributed by atoms with Crippen LogP contribution in [-0.4, -0.2) is 28.0 Å². The van der Waals surface area contributed by atoms with E-state index in [4.69, 9.17) is 4.98 Å². The molecule has 2 aromatic heterocycles. The zero-order chi connectivity index (χ0) is 19.7. The van der Waals surface area contributed by atoms with E-state index >= 15 is 0 Å². The number of rotatable bonds is 8. The monoisotopic (exact) mass is 381 g/mol. The molecule has 2 N–H and O–H groups in total. The maximum atomic E-state index is 4.82. The van der Waals surface area contributed by atoms with Crippen molar-refractivity contribution < 1.29 is 0 Å². The quantitative estimate of drug-likeness (QED) is 0.435. The lowest BCUT2D eigenvalue weighted by Crippen LogP contribution is -2.16. The Morgan fingerprint density at radius 2 is 1.41 bits per heavy atom. The summed E-state index contributed by atoms with van der Waals surface area (Å²) >= 11 is 0. The SMILES string of the molecule is c1ccc(Cc2cnc(NCCNc3ccccn3)nc2-c2ccccc2)cc1. The molecule has 2 aromatic carbocycles. The summed E-state index contributed by atoms with van der Waals surface area (Å²) in [5.41, 5.74) is 4.41. The van der Waals surface area contributed by atoms with Crippen LogP contribution in [0.15, 0.2) is 91.3 Å². The molecule has 29 heavy (non-hydrogen) atoms. The average Bonchev–Trinajstić information content (AvgIpc) is 2.79. The van der Waals surface area contributed by atoms with Gasteiger partial charge in [0.25, 0.3) is 0 Å². The van der Waals surface area contributed by atoms with Crippen molar-refractivity contribution in [1.82, 2.24) is 15.0 Å². The molecule has 0 saturated carbocycles. The third kappa shape index (κ3) is 5.17. The van der Waals surface area contributed by atoms with Crippen LogP contribution in [0.2, 0.25) is 0 Å². The summed E-state index contributed by atoms with van der Waals surface area (Å²) < 4.78 is 0. The van der Waals surface area contributed by atoms with Crippen molar-refractivity contribution in [3.63, 3.8) is 0 Å². The highest BCUT2D eigenvalue weighted by atomic mass is 15.1. The minimum absolute atomic E-state index is 0.628. The maximum Gasteiger partial charge on any atom is 0.223 e. The number of nitrogens with one attached hydrogen (secondary N) is 2. The Morgan fingerprint density at radius 3 is 2.17 bits per heavy atom. The van der Waals surface area contributed by atoms with Crippen molar-refractivity contribution in [2.24, 2.45) is 0 Å². The molecule has 4 rings (SSSR count). The molecule has 5 nitrogen and oxygen atoms in total. The number of aromatic nitrogens is 3. The smallest absolute Gasteiger partial charge is 0.223 e. The van der Waals surface area contributed by atoms with E-state index in [9.17, 15) is 0 Å². The van der Waals surface area contributed by atoms with Crippen molar-refractivity contribution in [3.8, 4) is 11.3 Å². The lowest BCUT2D eigenvalue weighted by molar-refractivity contribution is 1.00. The molecule has 0 aliphatic rings. The van der Waals surface area contributed by atoms with Gasteiger partial charge in [0, 0.05) is 43.0 Å². The van der Waals surface area contributed by atoms with Crippen LogP contribution in [-0.2, 0) is 6.42 Å². The van der Waals surface area contributed by atoms with E-state index in [1.807, 2.05) is 48.7 Å². The fourth-order valence-electron chi connectivity index (χ4n) is 3.12. The van der Waals surface area contributed by atoms with E-state index < -0.39 is 0 Å². The highest BCUT2D eigenvalue weighted by molar-refractivity contribution is 5.64. The molecule has 0 fully saturated rings. The van der Waals surface area contributed by atoms with Crippen LogP contribution in [0.4, 0.5) is 11.8 Å². The fourth-order valence-corrected chi connectivity index (χ4v) is 3.12. The van der Waals surface area contributed by atoms with Gasteiger partial charge in [0.05, 0.1) is 5.69 Å². The Labute approximate surface area is 170 Å². The van der Waals surface area contributed by atoms with E-state index in [0.717, 1.165) is 35.6 Å². The first-order chi connectivity index (χ1) is 14.4. The van der Waals surface area contributed by atoms with Gasteiger partial charge in [-0.15, -0.1) is 0 Å². The number of hydrogen-bond donors (Lipinski definition) is 2. The zero-order valence-electron chi connectivity index (χ0n) is 16.1. The summed E-state index contributed by atoms with van der Waals surface area (Å²) in [4.78, 5) is 13.6. The number of hydrogen-bond acceptors (Lipinski definition) is 5. The van der Waals surface area contributed by atoms with Gasteiger partial charge in [-0.05, 0) is 17.7 Å². The van der Waals surface area contributed by atoms with Crippen LogP contribution in [0.25, 0.3) is 11.3 Å². The van der Waals surface area contributed by atoms with Crippen molar-refractivity contribution in [2.45, 2.75) is 6.42 Å². The van der Waals surface area contributed by atoms with Crippen LogP contribution in [0, 0.1) is 0 Å². The first-order valence-corrected chi connectivity index (χ1v) is 9.72. The van der Waals surface area contributed by atoms with Gasteiger partial charge in [0.1, 0.15) is 5.82 Å². The second kappa shape index (κ2) is 9.46. The molecule has 0 bridgehead atoms. The van der Waals surface area contributed by atoms with Crippen LogP contribution in [0.3, 0.4) is 0 Å². The highest BCUT2D eigenvalue weighted by Gasteiger charge is 2.10. The second-order valence-corrected chi connectivity index (χ2v) is 6.66. The Kier molecular flexibility index (Phi) is 6.08. The van der Waals surface area contributed by atoms with Gasteiger partial charge >= 0.3 is 0 Å². The molecule has 0 saturated heterocycles. The third-order valence-corrected chi connectivity index (χ3v) is 4.53. The molecule has 5 heteroatoms. The summed E-state index contributed by atoms with van der Waals surface area (Å²) in [6, 6.07) is 26.5. The number of pyridine rings is 1. The van der Waals surface area contributed by atoms with E-state index in [0.29, 0.717) is 12.5 Å². The summed E-state index contributed by atoms with van der Waals surface area (Å²) in [5.74, 6) is 1.49. The first kappa shape index (κ1) is 18.6. The number of benzene rings is 2. The van der Waals surface area contributed by atoms with Gasteiger partial charge in [0.15, 0.2) is 0 Å². The van der Waals surface area contributed by atoms with E-state index in [1.165, 1.54) is 5.56 Å². The summed E-state index contributed by atoms with van der Waals surface area (Å²) in [6.07, 6.45) is 4.50. The number of nitrogens with zero attached hydrogens (tertiary/aromatic N) is 3. The van der Waals surface area contributed by atoms with Crippen molar-refractivity contribution >= 4 is 11.8 Å². The molecular formula is C24H23N5. The normalized spacial score (nSPS) is 10.5. The van der Waals surface area contributed by atoms with Gasteiger partial charge in [-0.25, -0.2) is 15.0 Å². The minimum Gasteiger partial charge on any atom is -0.368 e. The lowest BCUT2D eigenvalue weighted by atomic mass is 10.0. The second-order valence-electron chi connectivity index (χ2n) is 6.66. The Bertz CT molecular complexity index is 1020. The molecular weight excluding hydrogens is 358 g/mol. The van der Waals surface area contributed by atoms with Gasteiger partial charge in [-0.3, -0.25) is 0 Å². The third-order valence-electron chi connectivity index (χ3n) is 4.53. The van der Waals surface area contributed by atoms with E-state index in [-0.39, 0.29) is 0 Å². The molecule has 0 amide bonds. The molecule has 0 atom stereocenters. The first-order valence-electron chi connectivity index (χ1n) is 9.72. The molecule has 0 aliphatic heterocycles. The molecule has 0 radical (unpaired) electrons. The van der Waals surface area contributed by atoms with Crippen LogP contribution < -0.4 is 10.6 Å². The predicted octanol–water partition coefficient (Wildman–Crippen LogP) is 4.65. The highest BCUT2D eigenvalue weighted by Crippen LogP contribution is 2.24.